The second-order valence-electron chi connectivity index (χ2n) is 16.1. The fourth-order valence-electron chi connectivity index (χ4n) is 9.78. The van der Waals surface area contributed by atoms with Gasteiger partial charge in [-0.3, -0.25) is 0 Å². The van der Waals surface area contributed by atoms with Crippen molar-refractivity contribution in [3.63, 3.8) is 0 Å². The van der Waals surface area contributed by atoms with Crippen LogP contribution in [0.1, 0.15) is 124 Å². The molecule has 4 nitrogen and oxygen atoms in total. The van der Waals surface area contributed by atoms with Gasteiger partial charge in [0.15, 0.2) is 0 Å². The molecule has 4 aromatic carbocycles. The van der Waals surface area contributed by atoms with Crippen LogP contribution in [0.4, 0.5) is 0 Å². The summed E-state index contributed by atoms with van der Waals surface area (Å²) >= 11 is 0. The fourth-order valence-corrected chi connectivity index (χ4v) is 9.78. The minimum absolute atomic E-state index is 0. The van der Waals surface area contributed by atoms with Crippen LogP contribution < -0.4 is 0 Å². The highest BCUT2D eigenvalue weighted by atomic mass is 15.1. The van der Waals surface area contributed by atoms with Crippen molar-refractivity contribution in [2.75, 3.05) is 40.3 Å². The number of likely N-dealkylation sites (tertiary alicyclic amines) is 2. The van der Waals surface area contributed by atoms with E-state index in [4.69, 9.17) is 0 Å². The van der Waals surface area contributed by atoms with Gasteiger partial charge in [-0.25, -0.2) is 4.98 Å². The number of piperidine rings is 2. The van der Waals surface area contributed by atoms with Crippen LogP contribution in [0, 0.1) is 18.8 Å². The molecule has 0 spiro atoms. The molecule has 4 aliphatic rings. The number of imidazole rings is 1. The number of nitrogens with zero attached hydrogens (tertiary/aromatic N) is 4. The van der Waals surface area contributed by atoms with Crippen molar-refractivity contribution in [1.82, 2.24) is 19.4 Å². The average Bonchev–Trinajstić information content (AvgIpc) is 3.49. The molecule has 2 atom stereocenters. The number of rotatable bonds is 6. The summed E-state index contributed by atoms with van der Waals surface area (Å²) in [7, 11) is 4.49. The third-order valence-electron chi connectivity index (χ3n) is 12.8. The van der Waals surface area contributed by atoms with Gasteiger partial charge in [0.1, 0.15) is 5.82 Å². The van der Waals surface area contributed by atoms with E-state index < -0.39 is 0 Å². The molecule has 58 heavy (non-hydrogen) atoms. The molecule has 0 bridgehead atoms. The van der Waals surface area contributed by atoms with E-state index in [1.54, 1.807) is 0 Å². The molecule has 2 saturated heterocycles. The van der Waals surface area contributed by atoms with E-state index in [2.05, 4.69) is 162 Å². The van der Waals surface area contributed by atoms with Crippen molar-refractivity contribution in [3.05, 3.63) is 172 Å². The quantitative estimate of drug-likeness (QED) is 0.172. The highest BCUT2D eigenvalue weighted by molar-refractivity contribution is 5.91. The zero-order valence-electron chi connectivity index (χ0n) is 32.5. The summed E-state index contributed by atoms with van der Waals surface area (Å²) in [4.78, 5) is 9.33. The lowest BCUT2D eigenvalue weighted by molar-refractivity contribution is 0.207. The summed E-state index contributed by atoms with van der Waals surface area (Å²) in [5, 5.41) is 0. The number of hydrogen-bond donors (Lipinski definition) is 0. The van der Waals surface area contributed by atoms with Crippen LogP contribution in [-0.4, -0.2) is 59.6 Å². The van der Waals surface area contributed by atoms with E-state index in [0.717, 1.165) is 18.8 Å². The summed E-state index contributed by atoms with van der Waals surface area (Å²) in [5.74, 6) is 3.46. The van der Waals surface area contributed by atoms with Gasteiger partial charge in [-0.05, 0) is 153 Å². The average molecular weight is 777 g/mol. The summed E-state index contributed by atoms with van der Waals surface area (Å²) in [6.45, 7) is 11.9. The van der Waals surface area contributed by atoms with Gasteiger partial charge in [-0.1, -0.05) is 145 Å². The lowest BCUT2D eigenvalue weighted by Gasteiger charge is -2.35. The van der Waals surface area contributed by atoms with Crippen molar-refractivity contribution in [2.45, 2.75) is 87.1 Å². The fraction of sp³-hybridized carbons (Fsp3) is 0.389. The van der Waals surface area contributed by atoms with Crippen LogP contribution in [0.15, 0.2) is 122 Å². The SMILES string of the molecule is C.C.C.C.C=CC1=Cc2ccccc2C(C2CCN(C)CC2)c2ccccc21.Cc1nccn1CCC1=Cc2ccccc2C(C2CCN(C)CC2)c2ccccc21. The number of benzene rings is 4. The standard InChI is InChI=1S/C27H31N3.C23H25N.4CH4/c1-20-28-14-18-30(20)17-13-23-19-22-7-3-4-9-25(22)27(21-11-15-29(2)16-12-21)26-10-6-5-8-24(23)26;1-3-17-16-19-8-4-5-10-21(19)23(18-12-14-24(2)15-13-18)22-11-7-6-9-20(17)22;;;;/h3-10,14,18-19,21,27H,11-13,15-17H2,1-2H3;3-11,16,18,23H,1,12-15H2,2H3;4*1H4. The normalized spacial score (nSPS) is 19.0. The van der Waals surface area contributed by atoms with Gasteiger partial charge in [-0.15, -0.1) is 0 Å². The number of aromatic nitrogens is 2. The molecule has 0 radical (unpaired) electrons. The maximum absolute atomic E-state index is 4.40. The molecule has 2 fully saturated rings. The first-order valence-corrected chi connectivity index (χ1v) is 20.2. The zero-order valence-corrected chi connectivity index (χ0v) is 32.5. The van der Waals surface area contributed by atoms with E-state index >= 15 is 0 Å². The van der Waals surface area contributed by atoms with Gasteiger partial charge in [-0.2, -0.15) is 0 Å². The number of fused-ring (bicyclic) bond motifs is 4. The van der Waals surface area contributed by atoms with Crippen LogP contribution >= 0.6 is 0 Å². The van der Waals surface area contributed by atoms with Crippen LogP contribution in [0.3, 0.4) is 0 Å². The number of hydrogen-bond acceptors (Lipinski definition) is 3. The lowest BCUT2D eigenvalue weighted by atomic mass is 9.74. The molecule has 0 N–H and O–H groups in total. The Balaban J connectivity index is 0.000000245. The number of allylic oxidation sites excluding steroid dienone is 3. The monoisotopic (exact) mass is 777 g/mol. The van der Waals surface area contributed by atoms with Gasteiger partial charge in [0.05, 0.1) is 0 Å². The Morgan fingerprint density at radius 2 is 1.05 bits per heavy atom. The van der Waals surface area contributed by atoms with Crippen LogP contribution in [-0.2, 0) is 6.54 Å². The Kier molecular flexibility index (Phi) is 16.5. The first kappa shape index (κ1) is 45.9. The molecule has 5 aromatic rings. The first-order valence-electron chi connectivity index (χ1n) is 20.2. The van der Waals surface area contributed by atoms with Crippen molar-refractivity contribution < 1.29 is 0 Å². The second kappa shape index (κ2) is 20.8. The van der Waals surface area contributed by atoms with E-state index in [-0.39, 0.29) is 29.7 Å². The summed E-state index contributed by atoms with van der Waals surface area (Å²) < 4.78 is 2.26. The molecule has 4 heteroatoms. The zero-order chi connectivity index (χ0) is 37.0. The molecule has 0 amide bonds. The van der Waals surface area contributed by atoms with E-state index in [1.807, 2.05) is 12.3 Å². The Morgan fingerprint density at radius 1 is 0.603 bits per heavy atom. The Bertz CT molecular complexity index is 2140. The molecule has 2 aliphatic carbocycles. The van der Waals surface area contributed by atoms with Crippen molar-refractivity contribution in [2.24, 2.45) is 11.8 Å². The van der Waals surface area contributed by atoms with E-state index in [9.17, 15) is 0 Å². The van der Waals surface area contributed by atoms with Gasteiger partial charge in [0.25, 0.3) is 0 Å². The predicted molar refractivity (Wildman–Crippen MR) is 254 cm³/mol. The molecule has 3 heterocycles. The Labute approximate surface area is 353 Å². The molecule has 2 aliphatic heterocycles. The predicted octanol–water partition coefficient (Wildman–Crippen LogP) is 13.4. The Hall–Kier alpha value is -4.77. The topological polar surface area (TPSA) is 24.3 Å². The van der Waals surface area contributed by atoms with Crippen LogP contribution in [0.25, 0.3) is 23.3 Å². The maximum Gasteiger partial charge on any atom is 0.105 e. The third kappa shape index (κ3) is 9.57. The minimum Gasteiger partial charge on any atom is -0.335 e. The summed E-state index contributed by atoms with van der Waals surface area (Å²) in [5.41, 5.74) is 14.2. The smallest absolute Gasteiger partial charge is 0.105 e. The van der Waals surface area contributed by atoms with E-state index in [1.165, 1.54) is 108 Å². The van der Waals surface area contributed by atoms with Crippen molar-refractivity contribution in [1.29, 1.82) is 0 Å². The highest BCUT2D eigenvalue weighted by Gasteiger charge is 2.34. The lowest BCUT2D eigenvalue weighted by Crippen LogP contribution is -2.33. The molecular formula is C54H72N4. The molecule has 1 aromatic heterocycles. The van der Waals surface area contributed by atoms with Crippen LogP contribution in [0.2, 0.25) is 0 Å². The molecular weight excluding hydrogens is 705 g/mol. The van der Waals surface area contributed by atoms with Gasteiger partial charge in [0.2, 0.25) is 0 Å². The Morgan fingerprint density at radius 3 is 1.55 bits per heavy atom. The molecule has 9 rings (SSSR count). The third-order valence-corrected chi connectivity index (χ3v) is 12.8. The highest BCUT2D eigenvalue weighted by Crippen LogP contribution is 2.47. The van der Waals surface area contributed by atoms with Gasteiger partial charge in [0, 0.05) is 30.8 Å². The van der Waals surface area contributed by atoms with Gasteiger partial charge < -0.3 is 14.4 Å². The molecule has 0 saturated carbocycles. The van der Waals surface area contributed by atoms with Crippen LogP contribution in [0.5, 0.6) is 0 Å². The summed E-state index contributed by atoms with van der Waals surface area (Å²) in [6.07, 6.45) is 16.9. The maximum atomic E-state index is 4.40. The largest absolute Gasteiger partial charge is 0.335 e. The molecule has 308 valence electrons. The number of aryl methyl sites for hydroxylation is 2. The summed E-state index contributed by atoms with van der Waals surface area (Å²) in [6, 6.07) is 36.1. The van der Waals surface area contributed by atoms with Crippen molar-refractivity contribution in [3.8, 4) is 0 Å². The van der Waals surface area contributed by atoms with Crippen molar-refractivity contribution >= 4 is 23.3 Å². The van der Waals surface area contributed by atoms with E-state index in [0.29, 0.717) is 23.7 Å². The second-order valence-corrected chi connectivity index (χ2v) is 16.1. The van der Waals surface area contributed by atoms with Gasteiger partial charge >= 0.3 is 0 Å². The minimum atomic E-state index is 0. The molecule has 2 unspecified atom stereocenters. The first-order chi connectivity index (χ1) is 26.5.